The lowest BCUT2D eigenvalue weighted by atomic mass is 10.00. The van der Waals surface area contributed by atoms with Gasteiger partial charge in [-0.3, -0.25) is 4.79 Å². The Morgan fingerprint density at radius 1 is 1.40 bits per heavy atom. The number of nitrogens with one attached hydrogen (secondary N) is 1. The van der Waals surface area contributed by atoms with Crippen molar-refractivity contribution < 1.29 is 4.79 Å². The largest absolute Gasteiger partial charge is 0.354 e. The zero-order valence-corrected chi connectivity index (χ0v) is 9.29. The fourth-order valence-electron chi connectivity index (χ4n) is 1.35. The van der Waals surface area contributed by atoms with Crippen molar-refractivity contribution in [2.24, 2.45) is 5.73 Å². The van der Waals surface area contributed by atoms with Crippen LogP contribution < -0.4 is 11.1 Å². The Balaban J connectivity index is 2.50. The number of hydrogen-bond acceptors (Lipinski definition) is 2. The van der Waals surface area contributed by atoms with Crippen molar-refractivity contribution in [2.45, 2.75) is 19.8 Å². The fourth-order valence-corrected chi connectivity index (χ4v) is 1.35. The summed E-state index contributed by atoms with van der Waals surface area (Å²) in [6.45, 7) is 4.84. The van der Waals surface area contributed by atoms with E-state index in [9.17, 15) is 4.79 Å². The molecule has 0 aromatic heterocycles. The molecule has 0 aliphatic heterocycles. The topological polar surface area (TPSA) is 55.1 Å². The number of benzene rings is 1. The molecule has 3 heteroatoms. The van der Waals surface area contributed by atoms with E-state index in [0.29, 0.717) is 12.5 Å². The predicted molar refractivity (Wildman–Crippen MR) is 61.7 cm³/mol. The molecule has 1 atom stereocenters. The highest BCUT2D eigenvalue weighted by Crippen LogP contribution is 2.14. The number of carbonyl (C=O) groups is 1. The maximum atomic E-state index is 11.0. The van der Waals surface area contributed by atoms with Crippen LogP contribution in [0.1, 0.15) is 24.0 Å². The van der Waals surface area contributed by atoms with Crippen LogP contribution in [-0.4, -0.2) is 19.0 Å². The number of carbonyl (C=O) groups excluding carboxylic acids is 1. The highest BCUT2D eigenvalue weighted by molar-refractivity contribution is 5.77. The van der Waals surface area contributed by atoms with E-state index in [0.717, 1.165) is 0 Å². The van der Waals surface area contributed by atoms with Crippen LogP contribution in [0.4, 0.5) is 0 Å². The second-order valence-corrected chi connectivity index (χ2v) is 3.82. The lowest BCUT2D eigenvalue weighted by Gasteiger charge is -2.12. The second kappa shape index (κ2) is 5.51. The fraction of sp³-hybridized carbons (Fsp3) is 0.417. The summed E-state index contributed by atoms with van der Waals surface area (Å²) in [6, 6.07) is 8.34. The predicted octanol–water partition coefficient (Wildman–Crippen LogP) is 1.17. The van der Waals surface area contributed by atoms with Gasteiger partial charge in [0, 0.05) is 6.54 Å². The Morgan fingerprint density at radius 3 is 2.53 bits per heavy atom. The SMILES string of the molecule is Cc1ccc(C(C)CNC(=O)CN)cc1. The summed E-state index contributed by atoms with van der Waals surface area (Å²) in [5.74, 6) is 0.218. The van der Waals surface area contributed by atoms with E-state index >= 15 is 0 Å². The van der Waals surface area contributed by atoms with E-state index in [2.05, 4.69) is 43.4 Å². The quantitative estimate of drug-likeness (QED) is 0.777. The van der Waals surface area contributed by atoms with Gasteiger partial charge in [0.1, 0.15) is 0 Å². The Hall–Kier alpha value is -1.35. The molecule has 1 unspecified atom stereocenters. The van der Waals surface area contributed by atoms with Crippen molar-refractivity contribution in [1.82, 2.24) is 5.32 Å². The zero-order valence-electron chi connectivity index (χ0n) is 9.29. The van der Waals surface area contributed by atoms with Gasteiger partial charge in [-0.05, 0) is 18.4 Å². The molecule has 0 saturated carbocycles. The number of aryl methyl sites for hydroxylation is 1. The summed E-state index contributed by atoms with van der Waals surface area (Å²) < 4.78 is 0. The van der Waals surface area contributed by atoms with E-state index in [1.807, 2.05) is 0 Å². The number of hydrogen-bond donors (Lipinski definition) is 2. The highest BCUT2D eigenvalue weighted by atomic mass is 16.1. The van der Waals surface area contributed by atoms with Crippen LogP contribution >= 0.6 is 0 Å². The van der Waals surface area contributed by atoms with E-state index < -0.39 is 0 Å². The molecule has 3 N–H and O–H groups in total. The Labute approximate surface area is 90.7 Å². The highest BCUT2D eigenvalue weighted by Gasteiger charge is 2.06. The first-order valence-corrected chi connectivity index (χ1v) is 5.17. The van der Waals surface area contributed by atoms with Gasteiger partial charge in [-0.2, -0.15) is 0 Å². The molecule has 0 saturated heterocycles. The average molecular weight is 206 g/mol. The number of rotatable bonds is 4. The lowest BCUT2D eigenvalue weighted by Crippen LogP contribution is -2.32. The zero-order chi connectivity index (χ0) is 11.3. The Morgan fingerprint density at radius 2 is 2.00 bits per heavy atom. The molecule has 0 bridgehead atoms. The maximum Gasteiger partial charge on any atom is 0.233 e. The molecule has 0 spiro atoms. The van der Waals surface area contributed by atoms with E-state index in [1.54, 1.807) is 0 Å². The summed E-state index contributed by atoms with van der Waals surface area (Å²) in [5, 5.41) is 2.78. The molecular formula is C12H18N2O. The molecule has 1 aromatic carbocycles. The molecule has 82 valence electrons. The van der Waals surface area contributed by atoms with Crippen LogP contribution in [0.2, 0.25) is 0 Å². The van der Waals surface area contributed by atoms with Gasteiger partial charge in [-0.25, -0.2) is 0 Å². The van der Waals surface area contributed by atoms with Crippen molar-refractivity contribution in [3.8, 4) is 0 Å². The minimum atomic E-state index is -0.103. The van der Waals surface area contributed by atoms with Crippen molar-refractivity contribution in [3.05, 3.63) is 35.4 Å². The van der Waals surface area contributed by atoms with Gasteiger partial charge < -0.3 is 11.1 Å². The second-order valence-electron chi connectivity index (χ2n) is 3.82. The molecule has 0 radical (unpaired) electrons. The molecule has 15 heavy (non-hydrogen) atoms. The minimum Gasteiger partial charge on any atom is -0.354 e. The van der Waals surface area contributed by atoms with Crippen molar-refractivity contribution in [3.63, 3.8) is 0 Å². The van der Waals surface area contributed by atoms with Crippen LogP contribution in [0.3, 0.4) is 0 Å². The van der Waals surface area contributed by atoms with Gasteiger partial charge in [-0.15, -0.1) is 0 Å². The molecule has 3 nitrogen and oxygen atoms in total. The van der Waals surface area contributed by atoms with Crippen molar-refractivity contribution in [1.29, 1.82) is 0 Å². The van der Waals surface area contributed by atoms with Gasteiger partial charge in [-0.1, -0.05) is 36.8 Å². The van der Waals surface area contributed by atoms with Crippen molar-refractivity contribution >= 4 is 5.91 Å². The standard InChI is InChI=1S/C12H18N2O/c1-9-3-5-11(6-4-9)10(2)8-14-12(15)7-13/h3-6,10H,7-8,13H2,1-2H3,(H,14,15). The third-order valence-electron chi connectivity index (χ3n) is 2.44. The van der Waals surface area contributed by atoms with Gasteiger partial charge >= 0.3 is 0 Å². The molecule has 1 rings (SSSR count). The molecule has 1 aromatic rings. The molecular weight excluding hydrogens is 188 g/mol. The maximum absolute atomic E-state index is 11.0. The minimum absolute atomic E-state index is 0.0562. The monoisotopic (exact) mass is 206 g/mol. The third-order valence-corrected chi connectivity index (χ3v) is 2.44. The van der Waals surface area contributed by atoms with Crippen LogP contribution in [0.25, 0.3) is 0 Å². The number of amides is 1. The summed E-state index contributed by atoms with van der Waals surface area (Å²) in [4.78, 5) is 11.0. The summed E-state index contributed by atoms with van der Waals surface area (Å²) >= 11 is 0. The molecule has 0 heterocycles. The summed E-state index contributed by atoms with van der Waals surface area (Å²) in [7, 11) is 0. The van der Waals surface area contributed by atoms with Crippen LogP contribution in [0.5, 0.6) is 0 Å². The Kier molecular flexibility index (Phi) is 4.31. The van der Waals surface area contributed by atoms with Crippen LogP contribution in [0.15, 0.2) is 24.3 Å². The molecule has 0 fully saturated rings. The van der Waals surface area contributed by atoms with Crippen molar-refractivity contribution in [2.75, 3.05) is 13.1 Å². The van der Waals surface area contributed by atoms with E-state index in [4.69, 9.17) is 5.73 Å². The van der Waals surface area contributed by atoms with Gasteiger partial charge in [0.25, 0.3) is 0 Å². The average Bonchev–Trinajstić information content (AvgIpc) is 2.26. The lowest BCUT2D eigenvalue weighted by molar-refractivity contribution is -0.119. The smallest absolute Gasteiger partial charge is 0.233 e. The van der Waals surface area contributed by atoms with Crippen LogP contribution in [-0.2, 0) is 4.79 Å². The molecule has 1 amide bonds. The molecule has 0 aliphatic rings. The van der Waals surface area contributed by atoms with Gasteiger partial charge in [0.2, 0.25) is 5.91 Å². The first kappa shape index (κ1) is 11.7. The summed E-state index contributed by atoms with van der Waals surface area (Å²) in [5.41, 5.74) is 7.69. The van der Waals surface area contributed by atoms with E-state index in [1.165, 1.54) is 11.1 Å². The molecule has 0 aliphatic carbocycles. The van der Waals surface area contributed by atoms with Gasteiger partial charge in [0.15, 0.2) is 0 Å². The normalized spacial score (nSPS) is 12.2. The van der Waals surface area contributed by atoms with Gasteiger partial charge in [0.05, 0.1) is 6.54 Å². The number of nitrogens with two attached hydrogens (primary N) is 1. The Bertz CT molecular complexity index is 319. The first-order chi connectivity index (χ1) is 7.13. The van der Waals surface area contributed by atoms with E-state index in [-0.39, 0.29) is 12.5 Å². The van der Waals surface area contributed by atoms with Crippen LogP contribution in [0, 0.1) is 6.92 Å². The third kappa shape index (κ3) is 3.72. The first-order valence-electron chi connectivity index (χ1n) is 5.17. The summed E-state index contributed by atoms with van der Waals surface area (Å²) in [6.07, 6.45) is 0.